The first-order valence-electron chi connectivity index (χ1n) is 4.60. The zero-order valence-electron chi connectivity index (χ0n) is 7.16. The molecule has 0 unspecified atom stereocenters. The molecule has 0 aliphatic heterocycles. The first kappa shape index (κ1) is 8.18. The topological polar surface area (TPSA) is 0 Å². The minimum absolute atomic E-state index is 0.852. The van der Waals surface area contributed by atoms with Gasteiger partial charge in [-0.2, -0.15) is 12.6 Å². The van der Waals surface area contributed by atoms with Crippen LogP contribution in [0.5, 0.6) is 0 Å². The summed E-state index contributed by atoms with van der Waals surface area (Å²) < 4.78 is 0. The maximum absolute atomic E-state index is 4.23. The highest BCUT2D eigenvalue weighted by Gasteiger charge is 2.18. The molecule has 1 fully saturated rings. The minimum atomic E-state index is 0.852. The Balaban J connectivity index is 2.13. The largest absolute Gasteiger partial charge is 0.175 e. The average molecular weight is 178 g/mol. The van der Waals surface area contributed by atoms with Crippen LogP contribution in [0.1, 0.15) is 36.3 Å². The maximum Gasteiger partial charge on any atom is 0.0154 e. The molecule has 1 aliphatic carbocycles. The Morgan fingerprint density at radius 1 is 1.17 bits per heavy atom. The Morgan fingerprint density at radius 3 is 2.25 bits per heavy atom. The summed E-state index contributed by atoms with van der Waals surface area (Å²) in [5, 5.41) is 0. The molecule has 1 aromatic carbocycles. The quantitative estimate of drug-likeness (QED) is 0.659. The molecule has 0 atom stereocenters. The van der Waals surface area contributed by atoms with Crippen molar-refractivity contribution in [3.05, 3.63) is 35.4 Å². The van der Waals surface area contributed by atoms with Gasteiger partial charge in [0.15, 0.2) is 0 Å². The Labute approximate surface area is 79.4 Å². The maximum atomic E-state index is 4.23. The summed E-state index contributed by atoms with van der Waals surface area (Å²) >= 11 is 4.23. The van der Waals surface area contributed by atoms with Gasteiger partial charge >= 0.3 is 0 Å². The predicted molar refractivity (Wildman–Crippen MR) is 55.7 cm³/mol. The molecule has 1 aliphatic rings. The molecule has 0 bridgehead atoms. The van der Waals surface area contributed by atoms with Crippen molar-refractivity contribution < 1.29 is 0 Å². The van der Waals surface area contributed by atoms with E-state index in [9.17, 15) is 0 Å². The number of thiol groups is 1. The van der Waals surface area contributed by atoms with Crippen LogP contribution in [0.4, 0.5) is 0 Å². The minimum Gasteiger partial charge on any atom is -0.175 e. The highest BCUT2D eigenvalue weighted by Crippen LogP contribution is 2.36. The molecule has 0 heterocycles. The highest BCUT2D eigenvalue weighted by molar-refractivity contribution is 7.79. The van der Waals surface area contributed by atoms with Gasteiger partial charge in [0.2, 0.25) is 0 Å². The summed E-state index contributed by atoms with van der Waals surface area (Å²) in [5.41, 5.74) is 2.84. The summed E-state index contributed by atoms with van der Waals surface area (Å²) in [6.45, 7) is 0. The molecule has 1 heteroatoms. The van der Waals surface area contributed by atoms with Gasteiger partial charge in [-0.15, -0.1) is 0 Å². The number of rotatable bonds is 2. The Hall–Kier alpha value is -0.430. The van der Waals surface area contributed by atoms with E-state index in [0.29, 0.717) is 0 Å². The molecule has 0 aromatic heterocycles. The lowest BCUT2D eigenvalue weighted by molar-refractivity contribution is 0.420. The van der Waals surface area contributed by atoms with Gasteiger partial charge in [-0.1, -0.05) is 30.7 Å². The van der Waals surface area contributed by atoms with Gasteiger partial charge in [0.25, 0.3) is 0 Å². The third kappa shape index (κ3) is 1.51. The highest BCUT2D eigenvalue weighted by atomic mass is 32.1. The first-order valence-corrected chi connectivity index (χ1v) is 5.23. The fourth-order valence-corrected chi connectivity index (χ4v) is 1.85. The number of hydrogen-bond acceptors (Lipinski definition) is 1. The molecule has 12 heavy (non-hydrogen) atoms. The average Bonchev–Trinajstić information content (AvgIpc) is 2.03. The standard InChI is InChI=1S/C11H14S/c12-8-9-4-6-11(7-5-9)10-2-1-3-10/h4-7,10,12H,1-3,8H2. The van der Waals surface area contributed by atoms with Crippen LogP contribution in [0, 0.1) is 0 Å². The van der Waals surface area contributed by atoms with Crippen LogP contribution in [0.2, 0.25) is 0 Å². The molecule has 0 saturated heterocycles. The monoisotopic (exact) mass is 178 g/mol. The molecule has 0 spiro atoms. The van der Waals surface area contributed by atoms with Gasteiger partial charge in [-0.05, 0) is 29.9 Å². The zero-order valence-corrected chi connectivity index (χ0v) is 8.06. The smallest absolute Gasteiger partial charge is 0.0154 e. The Bertz CT molecular complexity index is 246. The zero-order chi connectivity index (χ0) is 8.39. The van der Waals surface area contributed by atoms with E-state index in [4.69, 9.17) is 0 Å². The summed E-state index contributed by atoms with van der Waals surface area (Å²) in [6, 6.07) is 8.91. The van der Waals surface area contributed by atoms with E-state index in [1.807, 2.05) is 0 Å². The van der Waals surface area contributed by atoms with Crippen LogP contribution < -0.4 is 0 Å². The normalized spacial score (nSPS) is 17.4. The molecule has 0 nitrogen and oxygen atoms in total. The van der Waals surface area contributed by atoms with Crippen LogP contribution in [-0.4, -0.2) is 0 Å². The second kappa shape index (κ2) is 3.53. The Morgan fingerprint density at radius 2 is 1.83 bits per heavy atom. The Kier molecular flexibility index (Phi) is 2.40. The van der Waals surface area contributed by atoms with E-state index in [-0.39, 0.29) is 0 Å². The third-order valence-electron chi connectivity index (χ3n) is 2.74. The third-order valence-corrected chi connectivity index (χ3v) is 3.10. The lowest BCUT2D eigenvalue weighted by Crippen LogP contribution is -2.08. The van der Waals surface area contributed by atoms with Gasteiger partial charge in [0.1, 0.15) is 0 Å². The van der Waals surface area contributed by atoms with Crippen molar-refractivity contribution in [3.63, 3.8) is 0 Å². The molecule has 0 radical (unpaired) electrons. The second-order valence-corrected chi connectivity index (χ2v) is 3.84. The fourth-order valence-electron chi connectivity index (χ4n) is 1.64. The number of benzene rings is 1. The van der Waals surface area contributed by atoms with E-state index < -0.39 is 0 Å². The van der Waals surface area contributed by atoms with E-state index in [1.165, 1.54) is 30.4 Å². The van der Waals surface area contributed by atoms with Crippen molar-refractivity contribution in [3.8, 4) is 0 Å². The predicted octanol–water partition coefficient (Wildman–Crippen LogP) is 3.38. The number of hydrogen-bond donors (Lipinski definition) is 1. The van der Waals surface area contributed by atoms with Crippen molar-refractivity contribution >= 4 is 12.6 Å². The summed E-state index contributed by atoms with van der Waals surface area (Å²) in [5.74, 6) is 1.71. The van der Waals surface area contributed by atoms with Crippen molar-refractivity contribution in [1.82, 2.24) is 0 Å². The van der Waals surface area contributed by atoms with E-state index in [0.717, 1.165) is 11.7 Å². The van der Waals surface area contributed by atoms with E-state index in [2.05, 4.69) is 36.9 Å². The molecule has 0 amide bonds. The molecule has 1 aromatic rings. The van der Waals surface area contributed by atoms with Crippen LogP contribution in [0.25, 0.3) is 0 Å². The lowest BCUT2D eigenvalue weighted by Gasteiger charge is -2.25. The SMILES string of the molecule is SCc1ccc(C2CCC2)cc1. The summed E-state index contributed by atoms with van der Waals surface area (Å²) in [7, 11) is 0. The lowest BCUT2D eigenvalue weighted by atomic mass is 9.80. The van der Waals surface area contributed by atoms with Gasteiger partial charge in [-0.25, -0.2) is 0 Å². The van der Waals surface area contributed by atoms with E-state index >= 15 is 0 Å². The molecule has 0 N–H and O–H groups in total. The van der Waals surface area contributed by atoms with Crippen molar-refractivity contribution in [1.29, 1.82) is 0 Å². The molecule has 1 saturated carbocycles. The van der Waals surface area contributed by atoms with Crippen LogP contribution in [0.3, 0.4) is 0 Å². The van der Waals surface area contributed by atoms with Gasteiger partial charge in [0, 0.05) is 5.75 Å². The van der Waals surface area contributed by atoms with E-state index in [1.54, 1.807) is 0 Å². The summed E-state index contributed by atoms with van der Waals surface area (Å²) in [4.78, 5) is 0. The molecule has 64 valence electrons. The van der Waals surface area contributed by atoms with Gasteiger partial charge < -0.3 is 0 Å². The van der Waals surface area contributed by atoms with Crippen molar-refractivity contribution in [2.24, 2.45) is 0 Å². The van der Waals surface area contributed by atoms with Crippen LogP contribution in [0.15, 0.2) is 24.3 Å². The fraction of sp³-hybridized carbons (Fsp3) is 0.455. The molecular weight excluding hydrogens is 164 g/mol. The second-order valence-electron chi connectivity index (χ2n) is 3.53. The van der Waals surface area contributed by atoms with Gasteiger partial charge in [-0.3, -0.25) is 0 Å². The molecule has 2 rings (SSSR count). The van der Waals surface area contributed by atoms with Crippen LogP contribution >= 0.6 is 12.6 Å². The van der Waals surface area contributed by atoms with Crippen LogP contribution in [-0.2, 0) is 5.75 Å². The van der Waals surface area contributed by atoms with Crippen molar-refractivity contribution in [2.75, 3.05) is 0 Å². The molecular formula is C11H14S. The summed E-state index contributed by atoms with van der Waals surface area (Å²) in [6.07, 6.45) is 4.19. The van der Waals surface area contributed by atoms with Gasteiger partial charge in [0.05, 0.1) is 0 Å². The first-order chi connectivity index (χ1) is 5.90. The van der Waals surface area contributed by atoms with Crippen molar-refractivity contribution in [2.45, 2.75) is 30.9 Å².